The number of para-hydroxylation sites is 1. The fraction of sp³-hybridized carbons (Fsp3) is 0.571. The van der Waals surface area contributed by atoms with Gasteiger partial charge in [0.1, 0.15) is 0 Å². The number of ether oxygens (including phenoxy) is 1. The number of aromatic nitrogens is 1. The van der Waals surface area contributed by atoms with Gasteiger partial charge in [0, 0.05) is 56.3 Å². The summed E-state index contributed by atoms with van der Waals surface area (Å²) in [7, 11) is 2.12. The molecular weight excluding hydrogens is 451 g/mol. The molecule has 6 heteroatoms. The van der Waals surface area contributed by atoms with Crippen LogP contribution in [-0.2, 0) is 17.6 Å². The van der Waals surface area contributed by atoms with Crippen molar-refractivity contribution in [2.45, 2.75) is 33.1 Å². The summed E-state index contributed by atoms with van der Waals surface area (Å²) in [5.74, 6) is 1.61. The molecule has 2 N–H and O–H groups in total. The number of nitrogens with one attached hydrogen (secondary N) is 2. The van der Waals surface area contributed by atoms with Gasteiger partial charge in [-0.3, -0.25) is 4.99 Å². The van der Waals surface area contributed by atoms with Crippen LogP contribution < -0.4 is 5.32 Å². The highest BCUT2D eigenvalue weighted by molar-refractivity contribution is 14.0. The first-order valence-corrected chi connectivity index (χ1v) is 9.88. The van der Waals surface area contributed by atoms with E-state index in [0.29, 0.717) is 5.92 Å². The molecular formula is C21H33IN4O. The van der Waals surface area contributed by atoms with Gasteiger partial charge in [-0.05, 0) is 37.3 Å². The van der Waals surface area contributed by atoms with E-state index in [4.69, 9.17) is 9.73 Å². The maximum Gasteiger partial charge on any atom is 0.193 e. The van der Waals surface area contributed by atoms with Crippen molar-refractivity contribution < 1.29 is 4.74 Å². The molecule has 0 radical (unpaired) electrons. The molecule has 0 amide bonds. The van der Waals surface area contributed by atoms with Crippen LogP contribution in [0.1, 0.15) is 31.4 Å². The van der Waals surface area contributed by atoms with Crippen molar-refractivity contribution in [3.63, 3.8) is 0 Å². The molecule has 1 fully saturated rings. The smallest absolute Gasteiger partial charge is 0.193 e. The first-order valence-electron chi connectivity index (χ1n) is 9.88. The van der Waals surface area contributed by atoms with Crippen LogP contribution in [0, 0.1) is 5.92 Å². The van der Waals surface area contributed by atoms with Crippen LogP contribution in [0.4, 0.5) is 0 Å². The predicted molar refractivity (Wildman–Crippen MR) is 124 cm³/mol. The van der Waals surface area contributed by atoms with Crippen molar-refractivity contribution in [2.24, 2.45) is 10.9 Å². The van der Waals surface area contributed by atoms with Gasteiger partial charge in [0.2, 0.25) is 0 Å². The SMILES string of the molecule is CCNC(=NCCc1c[nH]c2c(CC)cccc12)N(C)CC1CCOC1.I. The topological polar surface area (TPSA) is 52.7 Å². The zero-order valence-corrected chi connectivity index (χ0v) is 19.1. The number of benzene rings is 1. The van der Waals surface area contributed by atoms with Crippen molar-refractivity contribution in [2.75, 3.05) is 39.9 Å². The summed E-state index contributed by atoms with van der Waals surface area (Å²) >= 11 is 0. The van der Waals surface area contributed by atoms with Crippen molar-refractivity contribution in [1.29, 1.82) is 0 Å². The van der Waals surface area contributed by atoms with E-state index in [1.807, 2.05) is 0 Å². The highest BCUT2D eigenvalue weighted by atomic mass is 127. The van der Waals surface area contributed by atoms with Crippen molar-refractivity contribution in [1.82, 2.24) is 15.2 Å². The Hall–Kier alpha value is -1.28. The Balaban J connectivity index is 0.00000261. The Kier molecular flexibility index (Phi) is 8.89. The highest BCUT2D eigenvalue weighted by Crippen LogP contribution is 2.22. The number of halogens is 1. The Morgan fingerprint density at radius 1 is 1.33 bits per heavy atom. The minimum Gasteiger partial charge on any atom is -0.381 e. The Labute approximate surface area is 180 Å². The Morgan fingerprint density at radius 3 is 2.89 bits per heavy atom. The molecule has 1 saturated heterocycles. The summed E-state index contributed by atoms with van der Waals surface area (Å²) < 4.78 is 5.50. The van der Waals surface area contributed by atoms with Gasteiger partial charge in [-0.2, -0.15) is 0 Å². The highest BCUT2D eigenvalue weighted by Gasteiger charge is 2.19. The van der Waals surface area contributed by atoms with E-state index in [0.717, 1.165) is 58.1 Å². The van der Waals surface area contributed by atoms with Crippen molar-refractivity contribution >= 4 is 40.8 Å². The van der Waals surface area contributed by atoms with Gasteiger partial charge in [0.05, 0.1) is 6.61 Å². The Morgan fingerprint density at radius 2 is 2.19 bits per heavy atom. The number of nitrogens with zero attached hydrogens (tertiary/aromatic N) is 2. The van der Waals surface area contributed by atoms with Crippen LogP contribution >= 0.6 is 24.0 Å². The summed E-state index contributed by atoms with van der Waals surface area (Å²) in [4.78, 5) is 10.6. The fourth-order valence-corrected chi connectivity index (χ4v) is 3.73. The third-order valence-electron chi connectivity index (χ3n) is 5.16. The summed E-state index contributed by atoms with van der Waals surface area (Å²) in [6, 6.07) is 6.57. The number of aliphatic imine (C=N–C) groups is 1. The summed E-state index contributed by atoms with van der Waals surface area (Å²) in [6.45, 7) is 8.76. The van der Waals surface area contributed by atoms with Gasteiger partial charge < -0.3 is 19.9 Å². The second kappa shape index (κ2) is 10.9. The van der Waals surface area contributed by atoms with Crippen LogP contribution in [-0.4, -0.2) is 55.7 Å². The van der Waals surface area contributed by atoms with E-state index in [1.54, 1.807) is 0 Å². The van der Waals surface area contributed by atoms with E-state index < -0.39 is 0 Å². The minimum atomic E-state index is 0. The van der Waals surface area contributed by atoms with E-state index in [2.05, 4.69) is 60.5 Å². The molecule has 1 aromatic carbocycles. The Bertz CT molecular complexity index is 737. The molecule has 0 saturated carbocycles. The number of guanidine groups is 1. The number of H-pyrrole nitrogens is 1. The average Bonchev–Trinajstić information content (AvgIpc) is 3.30. The van der Waals surface area contributed by atoms with E-state index in [9.17, 15) is 0 Å². The molecule has 1 unspecified atom stereocenters. The molecule has 3 rings (SSSR count). The molecule has 27 heavy (non-hydrogen) atoms. The van der Waals surface area contributed by atoms with Gasteiger partial charge >= 0.3 is 0 Å². The lowest BCUT2D eigenvalue weighted by molar-refractivity contribution is 0.181. The zero-order valence-electron chi connectivity index (χ0n) is 16.8. The second-order valence-electron chi connectivity index (χ2n) is 7.10. The van der Waals surface area contributed by atoms with Gasteiger partial charge in [-0.1, -0.05) is 25.1 Å². The number of hydrogen-bond acceptors (Lipinski definition) is 2. The maximum absolute atomic E-state index is 5.50. The largest absolute Gasteiger partial charge is 0.381 e. The minimum absolute atomic E-state index is 0. The molecule has 1 aromatic heterocycles. The van der Waals surface area contributed by atoms with Crippen LogP contribution in [0.25, 0.3) is 10.9 Å². The monoisotopic (exact) mass is 484 g/mol. The van der Waals surface area contributed by atoms with Gasteiger partial charge in [0.25, 0.3) is 0 Å². The molecule has 1 aliphatic rings. The summed E-state index contributed by atoms with van der Waals surface area (Å²) in [5, 5.41) is 4.75. The van der Waals surface area contributed by atoms with Crippen LogP contribution in [0.3, 0.4) is 0 Å². The number of fused-ring (bicyclic) bond motifs is 1. The van der Waals surface area contributed by atoms with Crippen molar-refractivity contribution in [3.8, 4) is 0 Å². The van der Waals surface area contributed by atoms with Gasteiger partial charge in [0.15, 0.2) is 5.96 Å². The molecule has 150 valence electrons. The normalized spacial score (nSPS) is 17.1. The summed E-state index contributed by atoms with van der Waals surface area (Å²) in [6.07, 6.45) is 5.29. The quantitative estimate of drug-likeness (QED) is 0.357. The summed E-state index contributed by atoms with van der Waals surface area (Å²) in [5.41, 5.74) is 4.00. The lowest BCUT2D eigenvalue weighted by atomic mass is 10.1. The van der Waals surface area contributed by atoms with E-state index >= 15 is 0 Å². The molecule has 0 aliphatic carbocycles. The van der Waals surface area contributed by atoms with Gasteiger partial charge in [-0.15, -0.1) is 24.0 Å². The van der Waals surface area contributed by atoms with E-state index in [1.165, 1.54) is 22.0 Å². The van der Waals surface area contributed by atoms with E-state index in [-0.39, 0.29) is 24.0 Å². The molecule has 2 aromatic rings. The molecule has 1 aliphatic heterocycles. The number of aromatic amines is 1. The molecule has 1 atom stereocenters. The number of rotatable bonds is 7. The maximum atomic E-state index is 5.50. The first kappa shape index (κ1) is 22.0. The molecule has 5 nitrogen and oxygen atoms in total. The van der Waals surface area contributed by atoms with Crippen LogP contribution in [0.5, 0.6) is 0 Å². The lowest BCUT2D eigenvalue weighted by Crippen LogP contribution is -2.41. The zero-order chi connectivity index (χ0) is 18.4. The standard InChI is InChI=1S/C21H32N4O.HI/c1-4-17-7-6-8-19-18(13-24-20(17)19)9-11-23-21(22-5-2)25(3)14-16-10-12-26-15-16;/h6-8,13,16,24H,4-5,9-12,14-15H2,1-3H3,(H,22,23);1H. The second-order valence-corrected chi connectivity index (χ2v) is 7.10. The van der Waals surface area contributed by atoms with Crippen LogP contribution in [0.15, 0.2) is 29.4 Å². The number of hydrogen-bond donors (Lipinski definition) is 2. The van der Waals surface area contributed by atoms with Crippen LogP contribution in [0.2, 0.25) is 0 Å². The van der Waals surface area contributed by atoms with Gasteiger partial charge in [-0.25, -0.2) is 0 Å². The predicted octanol–water partition coefficient (Wildman–Crippen LogP) is 3.82. The third kappa shape index (κ3) is 5.60. The first-order chi connectivity index (χ1) is 12.7. The lowest BCUT2D eigenvalue weighted by Gasteiger charge is -2.24. The molecule has 0 spiro atoms. The third-order valence-corrected chi connectivity index (χ3v) is 5.16. The average molecular weight is 484 g/mol. The fourth-order valence-electron chi connectivity index (χ4n) is 3.73. The number of aryl methyl sites for hydroxylation is 1. The van der Waals surface area contributed by atoms with Crippen molar-refractivity contribution in [3.05, 3.63) is 35.5 Å². The molecule has 0 bridgehead atoms. The molecule has 2 heterocycles.